The van der Waals surface area contributed by atoms with Crippen LogP contribution in [0, 0.1) is 11.7 Å². The average Bonchev–Trinajstić information content (AvgIpc) is 2.84. The molecule has 0 saturated carbocycles. The number of benzene rings is 2. The second kappa shape index (κ2) is 13.3. The van der Waals surface area contributed by atoms with Crippen LogP contribution in [-0.4, -0.2) is 25.8 Å². The number of rotatable bonds is 12. The topological polar surface area (TPSA) is 54.0 Å². The van der Waals surface area contributed by atoms with Crippen molar-refractivity contribution in [2.24, 2.45) is 5.92 Å². The van der Waals surface area contributed by atoms with Gasteiger partial charge in [0.2, 0.25) is 0 Å². The fourth-order valence-corrected chi connectivity index (χ4v) is 3.72. The van der Waals surface area contributed by atoms with Crippen molar-refractivity contribution in [3.8, 4) is 11.5 Å². The van der Waals surface area contributed by atoms with Crippen molar-refractivity contribution in [3.05, 3.63) is 59.4 Å². The molecule has 0 aromatic heterocycles. The number of halogens is 1. The summed E-state index contributed by atoms with van der Waals surface area (Å²) in [6.45, 7) is 6.08. The van der Waals surface area contributed by atoms with Gasteiger partial charge in [0, 0.05) is 11.5 Å². The fourth-order valence-electron chi connectivity index (χ4n) is 3.72. The fraction of sp³-hybridized carbons (Fsp3) is 0.519. The number of unbranched alkanes of at least 4 members (excludes halogenated alkanes) is 4. The van der Waals surface area contributed by atoms with Gasteiger partial charge in [0.25, 0.3) is 0 Å². The predicted molar refractivity (Wildman–Crippen MR) is 125 cm³/mol. The Balaban J connectivity index is 1.50. The monoisotopic (exact) mass is 458 g/mol. The maximum Gasteiger partial charge on any atom is 0.343 e. The Bertz CT molecular complexity index is 859. The van der Waals surface area contributed by atoms with Gasteiger partial charge in [0.05, 0.1) is 25.4 Å². The molecular weight excluding hydrogens is 423 g/mol. The highest BCUT2D eigenvalue weighted by molar-refractivity contribution is 5.91. The molecule has 1 fully saturated rings. The molecule has 1 saturated heterocycles. The Kier molecular flexibility index (Phi) is 10.2. The van der Waals surface area contributed by atoms with Crippen molar-refractivity contribution in [2.75, 3.05) is 19.8 Å². The van der Waals surface area contributed by atoms with Gasteiger partial charge in [-0.15, -0.1) is 0 Å². The van der Waals surface area contributed by atoms with Gasteiger partial charge < -0.3 is 18.9 Å². The molecule has 0 bridgehead atoms. The van der Waals surface area contributed by atoms with Crippen molar-refractivity contribution in [2.45, 2.75) is 65.1 Å². The summed E-state index contributed by atoms with van der Waals surface area (Å²) in [6.07, 6.45) is 7.12. The molecule has 0 amide bonds. The summed E-state index contributed by atoms with van der Waals surface area (Å²) >= 11 is 0. The van der Waals surface area contributed by atoms with Gasteiger partial charge in [-0.05, 0) is 49.2 Å². The van der Waals surface area contributed by atoms with Crippen LogP contribution in [0.3, 0.4) is 0 Å². The van der Waals surface area contributed by atoms with Crippen molar-refractivity contribution >= 4 is 5.97 Å². The van der Waals surface area contributed by atoms with Crippen molar-refractivity contribution < 1.29 is 28.1 Å². The zero-order valence-electron chi connectivity index (χ0n) is 19.7. The molecule has 2 aromatic carbocycles. The van der Waals surface area contributed by atoms with E-state index in [9.17, 15) is 9.18 Å². The summed E-state index contributed by atoms with van der Waals surface area (Å²) in [6, 6.07) is 11.1. The third kappa shape index (κ3) is 7.83. The number of carbonyl (C=O) groups excluding carboxylic acids is 1. The van der Waals surface area contributed by atoms with Crippen molar-refractivity contribution in [1.29, 1.82) is 0 Å². The average molecular weight is 459 g/mol. The van der Waals surface area contributed by atoms with E-state index in [1.54, 1.807) is 24.3 Å². The first-order valence-electron chi connectivity index (χ1n) is 12.1. The number of ether oxygens (including phenoxy) is 4. The number of carbonyl (C=O) groups is 1. The molecule has 0 unspecified atom stereocenters. The van der Waals surface area contributed by atoms with E-state index in [0.29, 0.717) is 37.1 Å². The minimum absolute atomic E-state index is 0.129. The molecule has 1 aliphatic rings. The first-order valence-corrected chi connectivity index (χ1v) is 12.1. The van der Waals surface area contributed by atoms with Crippen LogP contribution in [0.2, 0.25) is 0 Å². The smallest absolute Gasteiger partial charge is 0.343 e. The second-order valence-electron chi connectivity index (χ2n) is 8.51. The van der Waals surface area contributed by atoms with Crippen LogP contribution in [0.1, 0.15) is 81.0 Å². The molecule has 180 valence electrons. The van der Waals surface area contributed by atoms with E-state index < -0.39 is 18.1 Å². The molecule has 0 N–H and O–H groups in total. The Morgan fingerprint density at radius 2 is 1.64 bits per heavy atom. The van der Waals surface area contributed by atoms with Gasteiger partial charge in [-0.3, -0.25) is 0 Å². The minimum atomic E-state index is -0.748. The van der Waals surface area contributed by atoms with Gasteiger partial charge in [-0.1, -0.05) is 52.0 Å². The lowest BCUT2D eigenvalue weighted by Crippen LogP contribution is -2.27. The summed E-state index contributed by atoms with van der Waals surface area (Å²) in [5.74, 6) is 0.273. The maximum atomic E-state index is 14.7. The van der Waals surface area contributed by atoms with Crippen LogP contribution in [-0.2, 0) is 9.47 Å². The predicted octanol–water partition coefficient (Wildman–Crippen LogP) is 6.86. The zero-order valence-corrected chi connectivity index (χ0v) is 19.7. The van der Waals surface area contributed by atoms with Gasteiger partial charge >= 0.3 is 5.97 Å². The Morgan fingerprint density at radius 1 is 0.939 bits per heavy atom. The lowest BCUT2D eigenvalue weighted by atomic mass is 10.0. The van der Waals surface area contributed by atoms with Crippen molar-refractivity contribution in [1.82, 2.24) is 0 Å². The number of hydrogen-bond donors (Lipinski definition) is 0. The first kappa shape index (κ1) is 25.2. The summed E-state index contributed by atoms with van der Waals surface area (Å²) < 4.78 is 37.2. The van der Waals surface area contributed by atoms with E-state index in [1.165, 1.54) is 31.0 Å². The van der Waals surface area contributed by atoms with E-state index >= 15 is 0 Å². The zero-order chi connectivity index (χ0) is 23.5. The largest absolute Gasteiger partial charge is 0.494 e. The highest BCUT2D eigenvalue weighted by Crippen LogP contribution is 2.29. The van der Waals surface area contributed by atoms with Gasteiger partial charge in [0.1, 0.15) is 17.3 Å². The molecular formula is C27H35FO5. The minimum Gasteiger partial charge on any atom is -0.494 e. The normalized spacial score (nSPS) is 18.2. The van der Waals surface area contributed by atoms with Crippen LogP contribution in [0.15, 0.2) is 42.5 Å². The second-order valence-corrected chi connectivity index (χ2v) is 8.51. The number of esters is 1. The standard InChI is InChI=1S/C27H35FO5/c1-3-5-7-8-16-30-22-11-13-23(14-12-22)33-26(29)21-10-15-24(25(28)17-21)27-31-18-20(19-32-27)9-6-4-2/h10-15,17,20,27H,3-9,16,18-19H2,1-2H3. The van der Waals surface area contributed by atoms with Crippen LogP contribution in [0.5, 0.6) is 11.5 Å². The lowest BCUT2D eigenvalue weighted by molar-refractivity contribution is -0.207. The van der Waals surface area contributed by atoms with Crippen LogP contribution >= 0.6 is 0 Å². The molecule has 0 aliphatic carbocycles. The summed E-state index contributed by atoms with van der Waals surface area (Å²) in [5.41, 5.74) is 0.421. The van der Waals surface area contributed by atoms with E-state index in [-0.39, 0.29) is 5.56 Å². The molecule has 0 radical (unpaired) electrons. The molecule has 1 heterocycles. The lowest BCUT2D eigenvalue weighted by Gasteiger charge is -2.29. The highest BCUT2D eigenvalue weighted by Gasteiger charge is 2.26. The summed E-state index contributed by atoms with van der Waals surface area (Å²) in [4.78, 5) is 12.5. The molecule has 3 rings (SSSR count). The Labute approximate surface area is 196 Å². The molecule has 33 heavy (non-hydrogen) atoms. The first-order chi connectivity index (χ1) is 16.1. The Morgan fingerprint density at radius 3 is 2.30 bits per heavy atom. The van der Waals surface area contributed by atoms with Gasteiger partial charge in [-0.2, -0.15) is 0 Å². The van der Waals surface area contributed by atoms with Gasteiger partial charge in [0.15, 0.2) is 6.29 Å². The number of hydrogen-bond acceptors (Lipinski definition) is 5. The quantitative estimate of drug-likeness (QED) is 0.198. The maximum absolute atomic E-state index is 14.7. The van der Waals surface area contributed by atoms with E-state index in [1.807, 2.05) is 0 Å². The molecule has 2 aromatic rings. The summed E-state index contributed by atoms with van der Waals surface area (Å²) in [5, 5.41) is 0. The highest BCUT2D eigenvalue weighted by atomic mass is 19.1. The molecule has 0 atom stereocenters. The van der Waals surface area contributed by atoms with E-state index in [2.05, 4.69) is 13.8 Å². The molecule has 5 nitrogen and oxygen atoms in total. The molecule has 0 spiro atoms. The third-order valence-corrected chi connectivity index (χ3v) is 5.72. The van der Waals surface area contributed by atoms with Crippen molar-refractivity contribution in [3.63, 3.8) is 0 Å². The van der Waals surface area contributed by atoms with E-state index in [4.69, 9.17) is 18.9 Å². The summed E-state index contributed by atoms with van der Waals surface area (Å²) in [7, 11) is 0. The third-order valence-electron chi connectivity index (χ3n) is 5.72. The van der Waals surface area contributed by atoms with Crippen LogP contribution in [0.4, 0.5) is 4.39 Å². The molecule has 6 heteroatoms. The molecule has 1 aliphatic heterocycles. The SMILES string of the molecule is CCCCCCOc1ccc(OC(=O)c2ccc(C3OCC(CCCC)CO3)c(F)c2)cc1. The van der Waals surface area contributed by atoms with Crippen LogP contribution < -0.4 is 9.47 Å². The Hall–Kier alpha value is -2.44. The van der Waals surface area contributed by atoms with Gasteiger partial charge in [-0.25, -0.2) is 9.18 Å². The van der Waals surface area contributed by atoms with Crippen LogP contribution in [0.25, 0.3) is 0 Å². The van der Waals surface area contributed by atoms with E-state index in [0.717, 1.165) is 37.9 Å².